The number of carbonyl (C=O) groups excluding carboxylic acids is 1. The topological polar surface area (TPSA) is 66.5 Å². The molecule has 0 spiro atoms. The molecule has 0 saturated heterocycles. The van der Waals surface area contributed by atoms with Crippen molar-refractivity contribution in [3.05, 3.63) is 58.1 Å². The van der Waals surface area contributed by atoms with Gasteiger partial charge in [0.2, 0.25) is 15.9 Å². The minimum Gasteiger partial charge on any atom is -0.326 e. The van der Waals surface area contributed by atoms with Crippen LogP contribution in [0, 0.1) is 13.8 Å². The Hall–Kier alpha value is -1.86. The van der Waals surface area contributed by atoms with Crippen LogP contribution in [0.2, 0.25) is 0 Å². The van der Waals surface area contributed by atoms with Gasteiger partial charge in [0.25, 0.3) is 0 Å². The van der Waals surface area contributed by atoms with Crippen molar-refractivity contribution < 1.29 is 13.2 Å². The van der Waals surface area contributed by atoms with Crippen molar-refractivity contribution in [2.45, 2.75) is 26.7 Å². The fourth-order valence-corrected chi connectivity index (χ4v) is 3.91. The van der Waals surface area contributed by atoms with E-state index in [-0.39, 0.29) is 18.9 Å². The number of rotatable bonds is 7. The van der Waals surface area contributed by atoms with E-state index < -0.39 is 10.0 Å². The molecule has 0 aliphatic rings. The van der Waals surface area contributed by atoms with Gasteiger partial charge in [-0.25, -0.2) is 8.42 Å². The van der Waals surface area contributed by atoms with Crippen molar-refractivity contribution in [2.75, 3.05) is 22.4 Å². The standard InChI is InChI=1S/C19H23BrN2O3S/c1-14-7-4-5-8-18(14)22(26(3,24)25)12-6-9-19(23)21-16-10-11-17(20)15(2)13-16/h4-5,7-8,10-11,13H,6,9,12H2,1-3H3,(H,21,23). The number of hydrogen-bond donors (Lipinski definition) is 1. The first-order chi connectivity index (χ1) is 12.2. The third-order valence-corrected chi connectivity index (χ3v) is 6.06. The SMILES string of the molecule is Cc1cc(NC(=O)CCCN(c2ccccc2C)S(C)(=O)=O)ccc1Br. The molecular formula is C19H23BrN2O3S. The number of nitrogens with one attached hydrogen (secondary N) is 1. The van der Waals surface area contributed by atoms with Gasteiger partial charge in [-0.05, 0) is 55.7 Å². The number of sulfonamides is 1. The third kappa shape index (κ3) is 5.57. The molecule has 2 rings (SSSR count). The molecule has 0 heterocycles. The lowest BCUT2D eigenvalue weighted by molar-refractivity contribution is -0.116. The van der Waals surface area contributed by atoms with Crippen molar-refractivity contribution >= 4 is 43.2 Å². The van der Waals surface area contributed by atoms with Gasteiger partial charge in [-0.15, -0.1) is 0 Å². The predicted molar refractivity (Wildman–Crippen MR) is 110 cm³/mol. The van der Waals surface area contributed by atoms with Crippen molar-refractivity contribution in [3.63, 3.8) is 0 Å². The van der Waals surface area contributed by atoms with Gasteiger partial charge in [-0.3, -0.25) is 9.10 Å². The number of amides is 1. The number of para-hydroxylation sites is 1. The summed E-state index contributed by atoms with van der Waals surface area (Å²) in [6.07, 6.45) is 1.86. The minimum atomic E-state index is -3.41. The molecule has 140 valence electrons. The average molecular weight is 439 g/mol. The Kier molecular flexibility index (Phi) is 6.83. The highest BCUT2D eigenvalue weighted by Crippen LogP contribution is 2.23. The number of aryl methyl sites for hydroxylation is 2. The molecule has 0 bridgehead atoms. The van der Waals surface area contributed by atoms with Crippen LogP contribution < -0.4 is 9.62 Å². The monoisotopic (exact) mass is 438 g/mol. The van der Waals surface area contributed by atoms with Crippen molar-refractivity contribution in [1.82, 2.24) is 0 Å². The maximum atomic E-state index is 12.2. The molecule has 0 aliphatic heterocycles. The molecule has 0 aliphatic carbocycles. The van der Waals surface area contributed by atoms with Crippen molar-refractivity contribution in [1.29, 1.82) is 0 Å². The van der Waals surface area contributed by atoms with E-state index in [2.05, 4.69) is 21.2 Å². The molecule has 2 aromatic rings. The Labute approximate surface area is 163 Å². The third-order valence-electron chi connectivity index (χ3n) is 3.99. The van der Waals surface area contributed by atoms with Gasteiger partial charge in [0.05, 0.1) is 11.9 Å². The Morgan fingerprint density at radius 2 is 1.81 bits per heavy atom. The molecule has 26 heavy (non-hydrogen) atoms. The summed E-state index contributed by atoms with van der Waals surface area (Å²) >= 11 is 3.42. The number of halogens is 1. The second kappa shape index (κ2) is 8.68. The first-order valence-electron chi connectivity index (χ1n) is 8.28. The van der Waals surface area contributed by atoms with E-state index in [1.165, 1.54) is 10.6 Å². The zero-order valence-corrected chi connectivity index (χ0v) is 17.5. The fourth-order valence-electron chi connectivity index (χ4n) is 2.64. The zero-order chi connectivity index (χ0) is 19.3. The van der Waals surface area contributed by atoms with Crippen LogP contribution in [0.3, 0.4) is 0 Å². The molecule has 1 amide bonds. The van der Waals surface area contributed by atoms with E-state index in [4.69, 9.17) is 0 Å². The summed E-state index contributed by atoms with van der Waals surface area (Å²) in [6, 6.07) is 12.9. The molecule has 0 radical (unpaired) electrons. The Morgan fingerprint density at radius 1 is 1.12 bits per heavy atom. The highest BCUT2D eigenvalue weighted by Gasteiger charge is 2.19. The lowest BCUT2D eigenvalue weighted by Gasteiger charge is -2.24. The minimum absolute atomic E-state index is 0.134. The van der Waals surface area contributed by atoms with Crippen LogP contribution in [0.1, 0.15) is 24.0 Å². The molecule has 1 N–H and O–H groups in total. The van der Waals surface area contributed by atoms with Crippen LogP contribution in [0.5, 0.6) is 0 Å². The number of hydrogen-bond acceptors (Lipinski definition) is 3. The van der Waals surface area contributed by atoms with Crippen LogP contribution in [0.4, 0.5) is 11.4 Å². The van der Waals surface area contributed by atoms with Crippen molar-refractivity contribution in [3.8, 4) is 0 Å². The lowest BCUT2D eigenvalue weighted by atomic mass is 10.2. The van der Waals surface area contributed by atoms with Crippen LogP contribution in [-0.2, 0) is 14.8 Å². The number of carbonyl (C=O) groups is 1. The van der Waals surface area contributed by atoms with Gasteiger partial charge in [0, 0.05) is 23.1 Å². The van der Waals surface area contributed by atoms with Gasteiger partial charge >= 0.3 is 0 Å². The van der Waals surface area contributed by atoms with E-state index in [0.29, 0.717) is 12.1 Å². The normalized spacial score (nSPS) is 11.2. The summed E-state index contributed by atoms with van der Waals surface area (Å²) in [5, 5.41) is 2.85. The van der Waals surface area contributed by atoms with E-state index in [0.717, 1.165) is 21.3 Å². The first-order valence-corrected chi connectivity index (χ1v) is 10.9. The van der Waals surface area contributed by atoms with Crippen molar-refractivity contribution in [2.24, 2.45) is 0 Å². The number of nitrogens with zero attached hydrogens (tertiary/aromatic N) is 1. The van der Waals surface area contributed by atoms with E-state index in [1.54, 1.807) is 6.07 Å². The zero-order valence-electron chi connectivity index (χ0n) is 15.1. The Morgan fingerprint density at radius 3 is 2.42 bits per heavy atom. The van der Waals surface area contributed by atoms with E-state index in [9.17, 15) is 13.2 Å². The van der Waals surface area contributed by atoms with Gasteiger partial charge < -0.3 is 5.32 Å². The van der Waals surface area contributed by atoms with Gasteiger partial charge in [-0.1, -0.05) is 34.1 Å². The van der Waals surface area contributed by atoms with E-state index >= 15 is 0 Å². The molecule has 2 aromatic carbocycles. The first kappa shape index (κ1) is 20.5. The van der Waals surface area contributed by atoms with Crippen LogP contribution >= 0.6 is 15.9 Å². The quantitative estimate of drug-likeness (QED) is 0.702. The largest absolute Gasteiger partial charge is 0.326 e. The molecule has 0 atom stereocenters. The van der Waals surface area contributed by atoms with Gasteiger partial charge in [-0.2, -0.15) is 0 Å². The molecule has 0 unspecified atom stereocenters. The summed E-state index contributed by atoms with van der Waals surface area (Å²) in [6.45, 7) is 4.08. The molecule has 0 fully saturated rings. The van der Waals surface area contributed by atoms with Gasteiger partial charge in [0.1, 0.15) is 0 Å². The number of benzene rings is 2. The summed E-state index contributed by atoms with van der Waals surface area (Å²) in [7, 11) is -3.41. The number of anilines is 2. The second-order valence-electron chi connectivity index (χ2n) is 6.24. The second-order valence-corrected chi connectivity index (χ2v) is 9.00. The Bertz CT molecular complexity index is 897. The molecule has 0 saturated carbocycles. The maximum absolute atomic E-state index is 12.2. The van der Waals surface area contributed by atoms with Crippen LogP contribution in [0.25, 0.3) is 0 Å². The van der Waals surface area contributed by atoms with Crippen LogP contribution in [0.15, 0.2) is 46.9 Å². The lowest BCUT2D eigenvalue weighted by Crippen LogP contribution is -2.32. The predicted octanol–water partition coefficient (Wildman–Crippen LogP) is 4.25. The molecule has 5 nitrogen and oxygen atoms in total. The fraction of sp³-hybridized carbons (Fsp3) is 0.316. The summed E-state index contributed by atoms with van der Waals surface area (Å²) in [5.41, 5.74) is 3.30. The maximum Gasteiger partial charge on any atom is 0.232 e. The molecular weight excluding hydrogens is 416 g/mol. The Balaban J connectivity index is 1.98. The van der Waals surface area contributed by atoms with Crippen LogP contribution in [-0.4, -0.2) is 27.1 Å². The smallest absolute Gasteiger partial charge is 0.232 e. The van der Waals surface area contributed by atoms with Gasteiger partial charge in [0.15, 0.2) is 0 Å². The van der Waals surface area contributed by atoms with E-state index in [1.807, 2.05) is 50.2 Å². The molecule has 0 aromatic heterocycles. The highest BCUT2D eigenvalue weighted by molar-refractivity contribution is 9.10. The highest BCUT2D eigenvalue weighted by atomic mass is 79.9. The summed E-state index contributed by atoms with van der Waals surface area (Å²) in [4.78, 5) is 12.2. The summed E-state index contributed by atoms with van der Waals surface area (Å²) in [5.74, 6) is -0.134. The summed E-state index contributed by atoms with van der Waals surface area (Å²) < 4.78 is 26.6. The molecule has 7 heteroatoms. The average Bonchev–Trinajstić information content (AvgIpc) is 2.55.